The van der Waals surface area contributed by atoms with E-state index in [1.807, 2.05) is 54.7 Å². The number of nitriles is 1. The minimum Gasteiger partial charge on any atom is -0.489 e. The normalized spacial score (nSPS) is 22.6. The third-order valence-electron chi connectivity index (χ3n) is 15.7. The number of alkyl halides is 1. The maximum atomic E-state index is 13.4. The van der Waals surface area contributed by atoms with E-state index >= 15 is 0 Å². The number of amides is 4. The van der Waals surface area contributed by atoms with Crippen LogP contribution in [0, 0.1) is 29.1 Å². The van der Waals surface area contributed by atoms with E-state index in [4.69, 9.17) is 37.7 Å². The second kappa shape index (κ2) is 20.1. The lowest BCUT2D eigenvalue weighted by atomic mass is 9.77. The Kier molecular flexibility index (Phi) is 13.8. The fourth-order valence-corrected chi connectivity index (χ4v) is 11.9. The van der Waals surface area contributed by atoms with Crippen LogP contribution in [-0.2, 0) is 21.6 Å². The zero-order valence-electron chi connectivity index (χ0n) is 39.7. The molecule has 10 rings (SSSR count). The first-order valence-electron chi connectivity index (χ1n) is 24.7. The third-order valence-corrected chi connectivity index (χ3v) is 16.1. The summed E-state index contributed by atoms with van der Waals surface area (Å²) in [6, 6.07) is 20.9. The average Bonchev–Trinajstić information content (AvgIpc) is 4.03. The molecular weight excluding hydrogens is 930 g/mol. The van der Waals surface area contributed by atoms with Crippen molar-refractivity contribution in [3.8, 4) is 17.6 Å². The van der Waals surface area contributed by atoms with Gasteiger partial charge in [0.25, 0.3) is 11.8 Å². The highest BCUT2D eigenvalue weighted by atomic mass is 35.5. The molecule has 0 aliphatic carbocycles. The van der Waals surface area contributed by atoms with Gasteiger partial charge >= 0.3 is 0 Å². The number of aromatic nitrogens is 2. The summed E-state index contributed by atoms with van der Waals surface area (Å²) >= 11 is 12.4. The molecule has 1 N–H and O–H groups in total. The molecule has 17 heteroatoms. The molecule has 3 aromatic carbocycles. The Labute approximate surface area is 419 Å². The molecule has 1 aromatic heterocycles. The number of nitrogens with zero attached hydrogens (tertiary/aromatic N) is 8. The van der Waals surface area contributed by atoms with E-state index in [1.54, 1.807) is 12.1 Å². The number of likely N-dealkylation sites (tertiary alicyclic amines) is 2. The number of hydrogen-bond donors (Lipinski definition) is 1. The zero-order valence-corrected chi connectivity index (χ0v) is 41.3. The van der Waals surface area contributed by atoms with E-state index in [0.29, 0.717) is 63.7 Å². The van der Waals surface area contributed by atoms with Crippen LogP contribution in [0.1, 0.15) is 95.5 Å². The first-order chi connectivity index (χ1) is 33.9. The maximum absolute atomic E-state index is 13.4. The Morgan fingerprint density at radius 1 is 0.814 bits per heavy atom. The van der Waals surface area contributed by atoms with Crippen LogP contribution in [0.4, 0.5) is 11.6 Å². The van der Waals surface area contributed by atoms with Crippen molar-refractivity contribution in [3.63, 3.8) is 0 Å². The SMILES string of the molecule is CC(C)(c1ccc(OCc2ccnc(N3CC4CN(C5CCN(CC6CCN(c7ccc8c(c7)C(=O)N(C7CCC(=O)NC7=O)C8=O)CC6)CC5)C[C@H]4C3)n2)cc1)c1cc(Cl)c(OCCCl)c(C#N)c1. The van der Waals surface area contributed by atoms with Crippen molar-refractivity contribution in [3.05, 3.63) is 105 Å². The topological polar surface area (TPSA) is 165 Å². The molecule has 3 atom stereocenters. The highest BCUT2D eigenvalue weighted by Gasteiger charge is 2.46. The molecule has 4 aromatic rings. The van der Waals surface area contributed by atoms with Crippen LogP contribution in [0.3, 0.4) is 0 Å². The van der Waals surface area contributed by atoms with E-state index in [0.717, 1.165) is 111 Å². The second-order valence-electron chi connectivity index (χ2n) is 20.3. The molecule has 6 aliphatic rings. The number of fused-ring (bicyclic) bond motifs is 2. The third kappa shape index (κ3) is 9.68. The summed E-state index contributed by atoms with van der Waals surface area (Å²) in [7, 11) is 0. The quantitative estimate of drug-likeness (QED) is 0.105. The summed E-state index contributed by atoms with van der Waals surface area (Å²) in [5, 5.41) is 12.5. The molecule has 0 spiro atoms. The van der Waals surface area contributed by atoms with Crippen LogP contribution >= 0.6 is 23.2 Å². The predicted molar refractivity (Wildman–Crippen MR) is 266 cm³/mol. The van der Waals surface area contributed by atoms with Gasteiger partial charge < -0.3 is 24.2 Å². The van der Waals surface area contributed by atoms with Gasteiger partial charge in [0.2, 0.25) is 17.8 Å². The summed E-state index contributed by atoms with van der Waals surface area (Å²) in [6.45, 7) is 14.1. The molecule has 70 heavy (non-hydrogen) atoms. The lowest BCUT2D eigenvalue weighted by molar-refractivity contribution is -0.136. The van der Waals surface area contributed by atoms with Gasteiger partial charge in [-0.1, -0.05) is 37.6 Å². The largest absolute Gasteiger partial charge is 0.489 e. The van der Waals surface area contributed by atoms with E-state index < -0.39 is 29.2 Å². The first-order valence-corrected chi connectivity index (χ1v) is 25.6. The number of rotatable bonds is 14. The van der Waals surface area contributed by atoms with Crippen molar-refractivity contribution in [2.24, 2.45) is 17.8 Å². The molecule has 7 heterocycles. The van der Waals surface area contributed by atoms with Crippen LogP contribution in [0.15, 0.2) is 66.9 Å². The number of carbonyl (C=O) groups is 4. The molecular formula is C53H59Cl2N9O6. The van der Waals surface area contributed by atoms with Gasteiger partial charge in [0.1, 0.15) is 31.1 Å². The highest BCUT2D eigenvalue weighted by molar-refractivity contribution is 6.32. The van der Waals surface area contributed by atoms with Gasteiger partial charge in [-0.2, -0.15) is 5.26 Å². The Balaban J connectivity index is 0.652. The lowest BCUT2D eigenvalue weighted by Gasteiger charge is -2.40. The fourth-order valence-electron chi connectivity index (χ4n) is 11.6. The van der Waals surface area contributed by atoms with Gasteiger partial charge in [0.05, 0.1) is 33.3 Å². The number of nitrogens with one attached hydrogen (secondary N) is 1. The molecule has 366 valence electrons. The number of benzene rings is 3. The molecule has 5 saturated heterocycles. The standard InChI is InChI=1S/C53H59Cl2N9O6/c1-53(2,38-23-34(26-56)48(45(55)24-38)69-22-16-54)37-3-6-42(7-4-37)70-32-39-11-17-57-52(58-39)63-30-35-28-62(29-36(35)31-63)40-14-18-60(19-15-40)27-33-12-20-61(21-13-33)41-5-8-43-44(25-41)51(68)64(50(43)67)46-9-10-47(65)59-49(46)66/h3-8,11,17,23-25,33,35-36,40,46H,9-10,12-16,18-22,27-32H2,1-2H3,(H,59,65,66)/t35-,36?,46?/m0/s1. The summed E-state index contributed by atoms with van der Waals surface area (Å²) in [4.78, 5) is 71.5. The van der Waals surface area contributed by atoms with Crippen LogP contribution in [0.5, 0.6) is 11.5 Å². The van der Waals surface area contributed by atoms with Crippen molar-refractivity contribution in [1.82, 2.24) is 30.0 Å². The number of halogens is 2. The molecule has 4 amide bonds. The number of imide groups is 2. The Morgan fingerprint density at radius 3 is 2.24 bits per heavy atom. The second-order valence-corrected chi connectivity index (χ2v) is 21.1. The molecule has 0 bridgehead atoms. The minimum atomic E-state index is -0.962. The molecule has 0 radical (unpaired) electrons. The van der Waals surface area contributed by atoms with Gasteiger partial charge in [-0.05, 0) is 123 Å². The Morgan fingerprint density at radius 2 is 1.54 bits per heavy atom. The molecule has 6 aliphatic heterocycles. The molecule has 5 fully saturated rings. The van der Waals surface area contributed by atoms with Gasteiger partial charge in [0.15, 0.2) is 5.75 Å². The van der Waals surface area contributed by atoms with E-state index in [1.165, 1.54) is 12.8 Å². The van der Waals surface area contributed by atoms with Crippen molar-refractivity contribution in [1.29, 1.82) is 5.26 Å². The predicted octanol–water partition coefficient (Wildman–Crippen LogP) is 6.67. The van der Waals surface area contributed by atoms with Gasteiger partial charge in [-0.25, -0.2) is 9.97 Å². The summed E-state index contributed by atoms with van der Waals surface area (Å²) < 4.78 is 11.9. The summed E-state index contributed by atoms with van der Waals surface area (Å²) in [5.74, 6) is 2.07. The summed E-state index contributed by atoms with van der Waals surface area (Å²) in [6.07, 6.45) is 6.61. The Hall–Kier alpha value is -5.79. The van der Waals surface area contributed by atoms with E-state index in [9.17, 15) is 24.4 Å². The highest BCUT2D eigenvalue weighted by Crippen LogP contribution is 2.40. The molecule has 15 nitrogen and oxygen atoms in total. The number of anilines is 2. The summed E-state index contributed by atoms with van der Waals surface area (Å²) in [5.41, 5.74) is 4.29. The number of hydrogen-bond acceptors (Lipinski definition) is 13. The van der Waals surface area contributed by atoms with Crippen LogP contribution in [-0.4, -0.2) is 132 Å². The number of carbonyl (C=O) groups excluding carboxylic acids is 4. The van der Waals surface area contributed by atoms with Crippen molar-refractivity contribution in [2.75, 3.05) is 81.2 Å². The maximum Gasteiger partial charge on any atom is 0.262 e. The number of ether oxygens (including phenoxy) is 2. The van der Waals surface area contributed by atoms with Crippen LogP contribution in [0.2, 0.25) is 5.02 Å². The van der Waals surface area contributed by atoms with Crippen molar-refractivity contribution < 1.29 is 28.7 Å². The Bertz CT molecular complexity index is 2680. The monoisotopic (exact) mass is 987 g/mol. The van der Waals surface area contributed by atoms with Gasteiger partial charge in [-0.15, -0.1) is 11.6 Å². The zero-order chi connectivity index (χ0) is 48.7. The van der Waals surface area contributed by atoms with E-state index in [-0.39, 0.29) is 25.4 Å². The lowest BCUT2D eigenvalue weighted by Crippen LogP contribution is -2.54. The molecule has 0 saturated carbocycles. The smallest absolute Gasteiger partial charge is 0.262 e. The van der Waals surface area contributed by atoms with Crippen LogP contribution in [0.25, 0.3) is 0 Å². The van der Waals surface area contributed by atoms with E-state index in [2.05, 4.69) is 49.8 Å². The fraction of sp³-hybridized carbons (Fsp3) is 0.491. The minimum absolute atomic E-state index is 0.101. The first kappa shape index (κ1) is 47.9. The average molecular weight is 989 g/mol. The van der Waals surface area contributed by atoms with Crippen molar-refractivity contribution in [2.45, 2.75) is 76.5 Å². The van der Waals surface area contributed by atoms with Crippen LogP contribution < -0.4 is 24.6 Å². The number of piperidine rings is 3. The van der Waals surface area contributed by atoms with Gasteiger partial charge in [-0.3, -0.25) is 34.3 Å². The van der Waals surface area contributed by atoms with Crippen molar-refractivity contribution >= 4 is 58.5 Å². The van der Waals surface area contributed by atoms with Gasteiger partial charge in [0, 0.05) is 75.6 Å². The molecule has 2 unspecified atom stereocenters.